The quantitative estimate of drug-likeness (QED) is 0.806. The van der Waals surface area contributed by atoms with E-state index in [0.29, 0.717) is 17.1 Å². The van der Waals surface area contributed by atoms with Gasteiger partial charge in [0.25, 0.3) is 0 Å². The average Bonchev–Trinajstić information content (AvgIpc) is 2.33. The monoisotopic (exact) mass is 279 g/mol. The summed E-state index contributed by atoms with van der Waals surface area (Å²) in [6, 6.07) is 4.39. The number of aliphatic hydroxyl groups is 1. The number of rotatable bonds is 7. The smallest absolute Gasteiger partial charge is 0.387 e. The highest BCUT2D eigenvalue weighted by atomic mass is 35.5. The fourth-order valence-electron chi connectivity index (χ4n) is 1.49. The second kappa shape index (κ2) is 7.51. The molecule has 1 aromatic carbocycles. The van der Waals surface area contributed by atoms with E-state index in [4.69, 9.17) is 16.7 Å². The fourth-order valence-corrected chi connectivity index (χ4v) is 1.68. The normalized spacial score (nSPS) is 12.8. The topological polar surface area (TPSA) is 41.5 Å². The first-order valence-corrected chi connectivity index (χ1v) is 6.02. The van der Waals surface area contributed by atoms with Crippen LogP contribution in [0.3, 0.4) is 0 Å². The van der Waals surface area contributed by atoms with E-state index in [1.807, 2.05) is 6.92 Å². The van der Waals surface area contributed by atoms with Crippen molar-refractivity contribution in [2.75, 3.05) is 6.61 Å². The summed E-state index contributed by atoms with van der Waals surface area (Å²) in [6.07, 6.45) is 0.738. The predicted octanol–water partition coefficient (Wildman–Crippen LogP) is 2.80. The van der Waals surface area contributed by atoms with Gasteiger partial charge in [0.05, 0.1) is 6.61 Å². The molecule has 0 aliphatic heterocycles. The molecule has 0 radical (unpaired) electrons. The van der Waals surface area contributed by atoms with Crippen LogP contribution in [0.4, 0.5) is 8.78 Å². The molecule has 0 amide bonds. The van der Waals surface area contributed by atoms with E-state index in [2.05, 4.69) is 10.1 Å². The molecular weight excluding hydrogens is 264 g/mol. The number of halogens is 3. The van der Waals surface area contributed by atoms with E-state index in [9.17, 15) is 8.78 Å². The van der Waals surface area contributed by atoms with Gasteiger partial charge in [-0.05, 0) is 24.6 Å². The lowest BCUT2D eigenvalue weighted by molar-refractivity contribution is -0.0505. The summed E-state index contributed by atoms with van der Waals surface area (Å²) in [5, 5.41) is 12.5. The number of aliphatic hydroxyl groups excluding tert-OH is 1. The van der Waals surface area contributed by atoms with Crippen LogP contribution in [-0.2, 0) is 6.54 Å². The van der Waals surface area contributed by atoms with Gasteiger partial charge in [-0.15, -0.1) is 0 Å². The summed E-state index contributed by atoms with van der Waals surface area (Å²) < 4.78 is 28.8. The molecule has 18 heavy (non-hydrogen) atoms. The molecule has 0 bridgehead atoms. The number of ether oxygens (including phenoxy) is 1. The average molecular weight is 280 g/mol. The van der Waals surface area contributed by atoms with E-state index in [0.717, 1.165) is 6.42 Å². The lowest BCUT2D eigenvalue weighted by Gasteiger charge is -2.16. The van der Waals surface area contributed by atoms with E-state index >= 15 is 0 Å². The Morgan fingerprint density at radius 2 is 2.17 bits per heavy atom. The largest absolute Gasteiger partial charge is 0.434 e. The lowest BCUT2D eigenvalue weighted by Crippen LogP contribution is -2.31. The molecule has 6 heteroatoms. The van der Waals surface area contributed by atoms with Gasteiger partial charge in [-0.3, -0.25) is 0 Å². The summed E-state index contributed by atoms with van der Waals surface area (Å²) in [6.45, 7) is -0.656. The van der Waals surface area contributed by atoms with Crippen molar-refractivity contribution in [1.82, 2.24) is 5.32 Å². The van der Waals surface area contributed by atoms with Crippen molar-refractivity contribution in [1.29, 1.82) is 0 Å². The van der Waals surface area contributed by atoms with Crippen molar-refractivity contribution in [3.05, 3.63) is 28.8 Å². The minimum atomic E-state index is -2.87. The summed E-state index contributed by atoms with van der Waals surface area (Å²) in [4.78, 5) is 0. The Morgan fingerprint density at radius 3 is 2.72 bits per heavy atom. The molecule has 0 fully saturated rings. The molecule has 0 aliphatic rings. The fraction of sp³-hybridized carbons (Fsp3) is 0.500. The van der Waals surface area contributed by atoms with Gasteiger partial charge in [0, 0.05) is 23.2 Å². The minimum absolute atomic E-state index is 0.0118. The number of alkyl halides is 2. The number of hydrogen-bond donors (Lipinski definition) is 2. The molecule has 1 aromatic rings. The van der Waals surface area contributed by atoms with E-state index in [1.165, 1.54) is 12.1 Å². The Labute approximate surface area is 110 Å². The summed E-state index contributed by atoms with van der Waals surface area (Å²) in [5.41, 5.74) is 0.537. The Morgan fingerprint density at radius 1 is 1.44 bits per heavy atom. The molecule has 1 unspecified atom stereocenters. The zero-order chi connectivity index (χ0) is 13.5. The Balaban J connectivity index is 2.75. The summed E-state index contributed by atoms with van der Waals surface area (Å²) in [7, 11) is 0. The van der Waals surface area contributed by atoms with Crippen molar-refractivity contribution in [2.24, 2.45) is 0 Å². The van der Waals surface area contributed by atoms with Gasteiger partial charge in [-0.25, -0.2) is 0 Å². The van der Waals surface area contributed by atoms with Gasteiger partial charge in [0.2, 0.25) is 0 Å². The molecule has 0 aromatic heterocycles. The van der Waals surface area contributed by atoms with Crippen LogP contribution in [0, 0.1) is 0 Å². The van der Waals surface area contributed by atoms with Crippen LogP contribution in [0.25, 0.3) is 0 Å². The van der Waals surface area contributed by atoms with Crippen molar-refractivity contribution >= 4 is 11.6 Å². The van der Waals surface area contributed by atoms with Gasteiger partial charge >= 0.3 is 6.61 Å². The summed E-state index contributed by atoms with van der Waals surface area (Å²) >= 11 is 5.82. The number of benzene rings is 1. The second-order valence-corrected chi connectivity index (χ2v) is 4.24. The molecule has 102 valence electrons. The van der Waals surface area contributed by atoms with E-state index < -0.39 is 6.61 Å². The summed E-state index contributed by atoms with van der Waals surface area (Å²) in [5.74, 6) is 0.0923. The second-order valence-electron chi connectivity index (χ2n) is 3.80. The van der Waals surface area contributed by atoms with Crippen LogP contribution in [0.2, 0.25) is 5.02 Å². The predicted molar refractivity (Wildman–Crippen MR) is 66.1 cm³/mol. The third-order valence-electron chi connectivity index (χ3n) is 2.53. The third-order valence-corrected chi connectivity index (χ3v) is 2.77. The molecule has 0 aliphatic carbocycles. The van der Waals surface area contributed by atoms with Gasteiger partial charge < -0.3 is 15.2 Å². The molecule has 1 rings (SSSR count). The molecular formula is C12H16ClF2NO2. The molecule has 1 atom stereocenters. The molecule has 0 saturated heterocycles. The van der Waals surface area contributed by atoms with E-state index in [-0.39, 0.29) is 18.4 Å². The molecule has 2 N–H and O–H groups in total. The van der Waals surface area contributed by atoms with Gasteiger partial charge in [-0.2, -0.15) is 8.78 Å². The SMILES string of the molecule is CCC(CO)NCc1cc(Cl)ccc1OC(F)F. The van der Waals surface area contributed by atoms with E-state index in [1.54, 1.807) is 6.07 Å². The van der Waals surface area contributed by atoms with Crippen molar-refractivity contribution in [3.63, 3.8) is 0 Å². The Kier molecular flexibility index (Phi) is 6.32. The molecule has 0 heterocycles. The highest BCUT2D eigenvalue weighted by molar-refractivity contribution is 6.30. The minimum Gasteiger partial charge on any atom is -0.434 e. The maximum absolute atomic E-state index is 12.2. The molecule has 3 nitrogen and oxygen atoms in total. The lowest BCUT2D eigenvalue weighted by atomic mass is 10.1. The van der Waals surface area contributed by atoms with Crippen LogP contribution in [0.15, 0.2) is 18.2 Å². The first-order chi connectivity index (χ1) is 8.56. The molecule has 0 saturated carbocycles. The highest BCUT2D eigenvalue weighted by Gasteiger charge is 2.11. The van der Waals surface area contributed by atoms with Crippen molar-refractivity contribution in [2.45, 2.75) is 32.5 Å². The van der Waals surface area contributed by atoms with Crippen LogP contribution < -0.4 is 10.1 Å². The standard InChI is InChI=1S/C12H16ClF2NO2/c1-2-10(7-17)16-6-8-5-9(13)3-4-11(8)18-12(14)15/h3-5,10,12,16-17H,2,6-7H2,1H3. The van der Waals surface area contributed by atoms with Crippen LogP contribution in [-0.4, -0.2) is 24.4 Å². The Bertz CT molecular complexity index is 373. The first kappa shape index (κ1) is 15.1. The van der Waals surface area contributed by atoms with Gasteiger partial charge in [0.15, 0.2) is 0 Å². The Hall–Kier alpha value is -0.910. The zero-order valence-corrected chi connectivity index (χ0v) is 10.8. The third kappa shape index (κ3) is 4.76. The maximum Gasteiger partial charge on any atom is 0.387 e. The highest BCUT2D eigenvalue weighted by Crippen LogP contribution is 2.24. The van der Waals surface area contributed by atoms with Gasteiger partial charge in [-0.1, -0.05) is 18.5 Å². The van der Waals surface area contributed by atoms with Crippen LogP contribution >= 0.6 is 11.6 Å². The first-order valence-electron chi connectivity index (χ1n) is 5.64. The van der Waals surface area contributed by atoms with Crippen LogP contribution in [0.1, 0.15) is 18.9 Å². The van der Waals surface area contributed by atoms with Gasteiger partial charge in [0.1, 0.15) is 5.75 Å². The number of hydrogen-bond acceptors (Lipinski definition) is 3. The zero-order valence-electron chi connectivity index (χ0n) is 10.00. The molecule has 0 spiro atoms. The van der Waals surface area contributed by atoms with Crippen molar-refractivity contribution in [3.8, 4) is 5.75 Å². The maximum atomic E-state index is 12.2. The number of nitrogens with one attached hydrogen (secondary N) is 1. The van der Waals surface area contributed by atoms with Crippen molar-refractivity contribution < 1.29 is 18.6 Å². The van der Waals surface area contributed by atoms with Crippen LogP contribution in [0.5, 0.6) is 5.75 Å².